The zero-order valence-electron chi connectivity index (χ0n) is 9.92. The van der Waals surface area contributed by atoms with Crippen LogP contribution in [0.1, 0.15) is 16.1 Å². The standard InChI is InChI=1S/C12H12N4O3/c13-7-8-2-1-3-9(6-8)14-12(17)10-4-5-11(15-10)16(18)19/h1-6,15H,7,13H2,(H,14,17). The van der Waals surface area contributed by atoms with E-state index in [1.165, 1.54) is 12.1 Å². The van der Waals surface area contributed by atoms with Crippen LogP contribution in [0.5, 0.6) is 0 Å². The van der Waals surface area contributed by atoms with E-state index in [1.807, 2.05) is 6.07 Å². The second kappa shape index (κ2) is 5.32. The number of carbonyl (C=O) groups excluding carboxylic acids is 1. The molecule has 0 aliphatic carbocycles. The first-order valence-corrected chi connectivity index (χ1v) is 5.54. The summed E-state index contributed by atoms with van der Waals surface area (Å²) in [5.41, 5.74) is 7.11. The van der Waals surface area contributed by atoms with E-state index in [-0.39, 0.29) is 11.5 Å². The highest BCUT2D eigenvalue weighted by molar-refractivity contribution is 6.03. The van der Waals surface area contributed by atoms with Crippen LogP contribution < -0.4 is 11.1 Å². The van der Waals surface area contributed by atoms with E-state index in [1.54, 1.807) is 18.2 Å². The van der Waals surface area contributed by atoms with Crippen molar-refractivity contribution in [2.45, 2.75) is 6.54 Å². The molecule has 0 aliphatic heterocycles. The van der Waals surface area contributed by atoms with Gasteiger partial charge in [-0.25, -0.2) is 4.98 Å². The van der Waals surface area contributed by atoms with Crippen LogP contribution in [0.25, 0.3) is 0 Å². The predicted octanol–water partition coefficient (Wildman–Crippen LogP) is 1.63. The maximum absolute atomic E-state index is 11.9. The van der Waals surface area contributed by atoms with Crippen molar-refractivity contribution in [2.75, 3.05) is 5.32 Å². The molecule has 0 bridgehead atoms. The number of nitrogens with two attached hydrogens (primary N) is 1. The van der Waals surface area contributed by atoms with Gasteiger partial charge in [0.05, 0.1) is 0 Å². The van der Waals surface area contributed by atoms with Crippen LogP contribution in [0.15, 0.2) is 36.4 Å². The Kier molecular flexibility index (Phi) is 3.58. The van der Waals surface area contributed by atoms with E-state index in [4.69, 9.17) is 5.73 Å². The highest BCUT2D eigenvalue weighted by Gasteiger charge is 2.15. The molecule has 2 rings (SSSR count). The molecule has 98 valence electrons. The summed E-state index contributed by atoms with van der Waals surface area (Å²) in [7, 11) is 0. The van der Waals surface area contributed by atoms with Gasteiger partial charge in [-0.3, -0.25) is 4.79 Å². The summed E-state index contributed by atoms with van der Waals surface area (Å²) in [6, 6.07) is 9.68. The van der Waals surface area contributed by atoms with Gasteiger partial charge in [0.25, 0.3) is 5.91 Å². The summed E-state index contributed by atoms with van der Waals surface area (Å²) in [5, 5.41) is 13.1. The third-order valence-electron chi connectivity index (χ3n) is 2.53. The summed E-state index contributed by atoms with van der Waals surface area (Å²) >= 11 is 0. The normalized spacial score (nSPS) is 10.2. The lowest BCUT2D eigenvalue weighted by Gasteiger charge is -2.04. The lowest BCUT2D eigenvalue weighted by molar-refractivity contribution is -0.389. The molecule has 7 heteroatoms. The van der Waals surface area contributed by atoms with Crippen LogP contribution in [0, 0.1) is 10.1 Å². The summed E-state index contributed by atoms with van der Waals surface area (Å²) in [6.45, 7) is 0.373. The van der Waals surface area contributed by atoms with E-state index in [9.17, 15) is 14.9 Å². The van der Waals surface area contributed by atoms with Crippen molar-refractivity contribution < 1.29 is 9.72 Å². The number of nitro groups is 1. The van der Waals surface area contributed by atoms with Gasteiger partial charge in [0.1, 0.15) is 0 Å². The molecule has 0 spiro atoms. The molecule has 0 saturated heterocycles. The third-order valence-corrected chi connectivity index (χ3v) is 2.53. The van der Waals surface area contributed by atoms with Crippen LogP contribution in [0.3, 0.4) is 0 Å². The molecule has 0 aliphatic rings. The Morgan fingerprint density at radius 3 is 2.79 bits per heavy atom. The summed E-state index contributed by atoms with van der Waals surface area (Å²) in [6.07, 6.45) is 0. The van der Waals surface area contributed by atoms with Crippen molar-refractivity contribution in [3.8, 4) is 0 Å². The molecule has 2 aromatic rings. The van der Waals surface area contributed by atoms with E-state index < -0.39 is 10.8 Å². The molecule has 1 aromatic carbocycles. The van der Waals surface area contributed by atoms with E-state index in [2.05, 4.69) is 10.3 Å². The maximum Gasteiger partial charge on any atom is 0.321 e. The SMILES string of the molecule is NCc1cccc(NC(=O)c2ccc([N+](=O)[O-])[nH]2)c1. The molecular formula is C12H12N4O3. The molecule has 1 aromatic heterocycles. The first kappa shape index (κ1) is 12.8. The van der Waals surface area contributed by atoms with Crippen molar-refractivity contribution in [2.24, 2.45) is 5.73 Å². The number of aromatic amines is 1. The topological polar surface area (TPSA) is 114 Å². The fourth-order valence-electron chi connectivity index (χ4n) is 1.60. The lowest BCUT2D eigenvalue weighted by Crippen LogP contribution is -2.12. The Hall–Kier alpha value is -2.67. The quantitative estimate of drug-likeness (QED) is 0.572. The minimum absolute atomic E-state index is 0.129. The van der Waals surface area contributed by atoms with Gasteiger partial charge in [0, 0.05) is 18.3 Å². The van der Waals surface area contributed by atoms with Gasteiger partial charge >= 0.3 is 5.82 Å². The average molecular weight is 260 g/mol. The van der Waals surface area contributed by atoms with Crippen molar-refractivity contribution in [3.05, 3.63) is 57.8 Å². The summed E-state index contributed by atoms with van der Waals surface area (Å²) < 4.78 is 0. The molecule has 0 atom stereocenters. The molecule has 0 fully saturated rings. The van der Waals surface area contributed by atoms with Crippen LogP contribution in [0.2, 0.25) is 0 Å². The number of anilines is 1. The number of rotatable bonds is 4. The smallest absolute Gasteiger partial charge is 0.321 e. The average Bonchev–Trinajstić information content (AvgIpc) is 2.89. The molecule has 19 heavy (non-hydrogen) atoms. The Morgan fingerprint density at radius 2 is 2.16 bits per heavy atom. The molecule has 4 N–H and O–H groups in total. The van der Waals surface area contributed by atoms with Crippen molar-refractivity contribution >= 4 is 17.4 Å². The van der Waals surface area contributed by atoms with Crippen LogP contribution >= 0.6 is 0 Å². The number of benzene rings is 1. The zero-order chi connectivity index (χ0) is 13.8. The molecular weight excluding hydrogens is 248 g/mol. The second-order valence-corrected chi connectivity index (χ2v) is 3.87. The van der Waals surface area contributed by atoms with E-state index >= 15 is 0 Å². The molecule has 1 heterocycles. The fourth-order valence-corrected chi connectivity index (χ4v) is 1.60. The molecule has 0 saturated carbocycles. The predicted molar refractivity (Wildman–Crippen MR) is 69.7 cm³/mol. The van der Waals surface area contributed by atoms with Gasteiger partial charge in [-0.2, -0.15) is 0 Å². The highest BCUT2D eigenvalue weighted by atomic mass is 16.6. The van der Waals surface area contributed by atoms with Gasteiger partial charge in [-0.05, 0) is 28.7 Å². The zero-order valence-corrected chi connectivity index (χ0v) is 9.92. The van der Waals surface area contributed by atoms with Gasteiger partial charge in [-0.15, -0.1) is 0 Å². The molecule has 7 nitrogen and oxygen atoms in total. The summed E-state index contributed by atoms with van der Waals surface area (Å²) in [5.74, 6) is -0.664. The number of nitrogens with one attached hydrogen (secondary N) is 2. The van der Waals surface area contributed by atoms with Crippen molar-refractivity contribution in [1.29, 1.82) is 0 Å². The Labute approximate surface area is 108 Å². The minimum Gasteiger partial charge on any atom is -0.358 e. The van der Waals surface area contributed by atoms with Gasteiger partial charge in [0.2, 0.25) is 0 Å². The van der Waals surface area contributed by atoms with Gasteiger partial charge in [0.15, 0.2) is 5.69 Å². The molecule has 0 radical (unpaired) electrons. The highest BCUT2D eigenvalue weighted by Crippen LogP contribution is 2.14. The Morgan fingerprint density at radius 1 is 1.37 bits per heavy atom. The van der Waals surface area contributed by atoms with Gasteiger partial charge in [-0.1, -0.05) is 12.1 Å². The largest absolute Gasteiger partial charge is 0.358 e. The lowest BCUT2D eigenvalue weighted by atomic mass is 10.2. The van der Waals surface area contributed by atoms with Gasteiger partial charge < -0.3 is 21.2 Å². The monoisotopic (exact) mass is 260 g/mol. The van der Waals surface area contributed by atoms with E-state index in [0.29, 0.717) is 12.2 Å². The van der Waals surface area contributed by atoms with Crippen molar-refractivity contribution in [3.63, 3.8) is 0 Å². The summed E-state index contributed by atoms with van der Waals surface area (Å²) in [4.78, 5) is 24.2. The Balaban J connectivity index is 2.13. The Bertz CT molecular complexity index is 621. The number of H-pyrrole nitrogens is 1. The van der Waals surface area contributed by atoms with E-state index in [0.717, 1.165) is 5.56 Å². The van der Waals surface area contributed by atoms with Crippen LogP contribution in [-0.2, 0) is 6.54 Å². The van der Waals surface area contributed by atoms with Crippen molar-refractivity contribution in [1.82, 2.24) is 4.98 Å². The number of aromatic nitrogens is 1. The number of carbonyl (C=O) groups is 1. The second-order valence-electron chi connectivity index (χ2n) is 3.87. The van der Waals surface area contributed by atoms with Crippen LogP contribution in [0.4, 0.5) is 11.5 Å². The number of nitrogens with zero attached hydrogens (tertiary/aromatic N) is 1. The fraction of sp³-hybridized carbons (Fsp3) is 0.0833. The maximum atomic E-state index is 11.9. The minimum atomic E-state index is -0.591. The van der Waals surface area contributed by atoms with Crippen LogP contribution in [-0.4, -0.2) is 15.8 Å². The number of hydrogen-bond donors (Lipinski definition) is 3. The number of hydrogen-bond acceptors (Lipinski definition) is 4. The first-order chi connectivity index (χ1) is 9.10. The third kappa shape index (κ3) is 2.96. The molecule has 1 amide bonds. The molecule has 0 unspecified atom stereocenters. The number of amides is 1. The first-order valence-electron chi connectivity index (χ1n) is 5.54.